The number of hydrogen-bond acceptors (Lipinski definition) is 5. The first kappa shape index (κ1) is 10.8. The van der Waals surface area contributed by atoms with Crippen LogP contribution >= 0.6 is 0 Å². The van der Waals surface area contributed by atoms with Gasteiger partial charge in [-0.15, -0.1) is 0 Å². The van der Waals surface area contributed by atoms with E-state index in [0.717, 1.165) is 32.0 Å². The summed E-state index contributed by atoms with van der Waals surface area (Å²) in [6, 6.07) is 2.32. The summed E-state index contributed by atoms with van der Waals surface area (Å²) in [5.41, 5.74) is 0.352. The quantitative estimate of drug-likeness (QED) is 0.740. The molecule has 0 bridgehead atoms. The van der Waals surface area contributed by atoms with Gasteiger partial charge in [0.2, 0.25) is 0 Å². The smallest absolute Gasteiger partial charge is 0.158 e. The predicted octanol–water partition coefficient (Wildman–Crippen LogP) is 0.963. The molecule has 5 nitrogen and oxygen atoms in total. The highest BCUT2D eigenvalue weighted by Crippen LogP contribution is 2.17. The molecule has 0 amide bonds. The zero-order valence-electron chi connectivity index (χ0n) is 9.26. The van der Waals surface area contributed by atoms with Crippen LogP contribution < -0.4 is 4.90 Å². The van der Waals surface area contributed by atoms with E-state index in [4.69, 9.17) is 10.00 Å². The van der Waals surface area contributed by atoms with Gasteiger partial charge in [0.25, 0.3) is 0 Å². The number of morpholine rings is 1. The van der Waals surface area contributed by atoms with Gasteiger partial charge in [-0.25, -0.2) is 9.97 Å². The van der Waals surface area contributed by atoms with Gasteiger partial charge in [0.15, 0.2) is 5.69 Å². The van der Waals surface area contributed by atoms with Crippen LogP contribution in [0.4, 0.5) is 5.82 Å². The molecule has 1 aromatic rings. The summed E-state index contributed by atoms with van der Waals surface area (Å²) < 4.78 is 5.43. The maximum atomic E-state index is 8.65. The number of aromatic nitrogens is 2. The second-order valence-corrected chi connectivity index (χ2v) is 3.70. The van der Waals surface area contributed by atoms with Gasteiger partial charge < -0.3 is 9.64 Å². The van der Waals surface area contributed by atoms with Gasteiger partial charge >= 0.3 is 0 Å². The average molecular weight is 218 g/mol. The van der Waals surface area contributed by atoms with Gasteiger partial charge in [0.1, 0.15) is 11.9 Å². The maximum Gasteiger partial charge on any atom is 0.158 e. The normalized spacial score (nSPS) is 20.5. The van der Waals surface area contributed by atoms with Crippen LogP contribution in [0, 0.1) is 11.3 Å². The fourth-order valence-corrected chi connectivity index (χ4v) is 1.82. The van der Waals surface area contributed by atoms with Crippen LogP contribution in [-0.4, -0.2) is 35.8 Å². The summed E-state index contributed by atoms with van der Waals surface area (Å²) in [7, 11) is 0. The fraction of sp³-hybridized carbons (Fsp3) is 0.545. The molecule has 1 saturated heterocycles. The van der Waals surface area contributed by atoms with Gasteiger partial charge in [-0.3, -0.25) is 0 Å². The molecule has 1 aliphatic rings. The van der Waals surface area contributed by atoms with Crippen molar-refractivity contribution in [2.75, 3.05) is 24.7 Å². The highest BCUT2D eigenvalue weighted by molar-refractivity contribution is 5.39. The summed E-state index contributed by atoms with van der Waals surface area (Å²) in [4.78, 5) is 10.5. The Bertz CT molecular complexity index is 384. The second kappa shape index (κ2) is 4.90. The maximum absolute atomic E-state index is 8.65. The number of nitriles is 1. The van der Waals surface area contributed by atoms with Crippen molar-refractivity contribution < 1.29 is 4.74 Å². The van der Waals surface area contributed by atoms with Crippen LogP contribution in [0.2, 0.25) is 0 Å². The van der Waals surface area contributed by atoms with Crippen LogP contribution in [0.25, 0.3) is 0 Å². The van der Waals surface area contributed by atoms with Crippen molar-refractivity contribution in [1.29, 1.82) is 5.26 Å². The minimum atomic E-state index is 0.352. The molecule has 0 aliphatic carbocycles. The minimum absolute atomic E-state index is 0.352. The summed E-state index contributed by atoms with van der Waals surface area (Å²) in [6.45, 7) is 4.42. The number of nitrogens with zero attached hydrogens (tertiary/aromatic N) is 4. The van der Waals surface area contributed by atoms with E-state index in [-0.39, 0.29) is 0 Å². The lowest BCUT2D eigenvalue weighted by Crippen LogP contribution is -2.45. The third kappa shape index (κ3) is 2.12. The highest BCUT2D eigenvalue weighted by Gasteiger charge is 2.22. The molecular formula is C11H14N4O. The average Bonchev–Trinajstić information content (AvgIpc) is 2.39. The molecule has 0 saturated carbocycles. The van der Waals surface area contributed by atoms with E-state index in [1.165, 1.54) is 6.20 Å². The van der Waals surface area contributed by atoms with E-state index in [0.29, 0.717) is 11.7 Å². The van der Waals surface area contributed by atoms with E-state index in [2.05, 4.69) is 21.8 Å². The Kier molecular flexibility index (Phi) is 3.32. The second-order valence-electron chi connectivity index (χ2n) is 3.70. The molecule has 1 fully saturated rings. The molecule has 16 heavy (non-hydrogen) atoms. The van der Waals surface area contributed by atoms with Crippen LogP contribution in [-0.2, 0) is 4.74 Å². The van der Waals surface area contributed by atoms with Crippen molar-refractivity contribution in [1.82, 2.24) is 9.97 Å². The van der Waals surface area contributed by atoms with Crippen molar-refractivity contribution >= 4 is 5.82 Å². The first-order valence-corrected chi connectivity index (χ1v) is 5.41. The van der Waals surface area contributed by atoms with Gasteiger partial charge in [0.05, 0.1) is 31.6 Å². The molecule has 0 radical (unpaired) electrons. The molecule has 1 atom stereocenters. The number of ether oxygens (including phenoxy) is 1. The lowest BCUT2D eigenvalue weighted by atomic mass is 10.2. The molecule has 0 spiro atoms. The Balaban J connectivity index is 2.18. The minimum Gasteiger partial charge on any atom is -0.377 e. The number of anilines is 1. The third-order valence-electron chi connectivity index (χ3n) is 2.75. The SMILES string of the molecule is CCC1COCCN1c1cnc(C#N)cn1. The first-order valence-electron chi connectivity index (χ1n) is 5.41. The number of hydrogen-bond donors (Lipinski definition) is 0. The summed E-state index contributed by atoms with van der Waals surface area (Å²) in [5.74, 6) is 0.828. The van der Waals surface area contributed by atoms with Gasteiger partial charge in [-0.1, -0.05) is 6.92 Å². The Morgan fingerprint density at radius 1 is 1.56 bits per heavy atom. The molecule has 0 N–H and O–H groups in total. The molecule has 5 heteroatoms. The largest absolute Gasteiger partial charge is 0.377 e. The zero-order valence-corrected chi connectivity index (χ0v) is 9.26. The Labute approximate surface area is 94.7 Å². The van der Waals surface area contributed by atoms with Gasteiger partial charge in [0, 0.05) is 6.54 Å². The molecule has 1 aliphatic heterocycles. The van der Waals surface area contributed by atoms with Crippen molar-refractivity contribution in [2.45, 2.75) is 19.4 Å². The fourth-order valence-electron chi connectivity index (χ4n) is 1.82. The van der Waals surface area contributed by atoms with Gasteiger partial charge in [-0.2, -0.15) is 5.26 Å². The van der Waals surface area contributed by atoms with Crippen LogP contribution in [0.1, 0.15) is 19.0 Å². The monoisotopic (exact) mass is 218 g/mol. The highest BCUT2D eigenvalue weighted by atomic mass is 16.5. The molecule has 2 rings (SSSR count). The molecule has 1 unspecified atom stereocenters. The van der Waals surface area contributed by atoms with Crippen LogP contribution in [0.3, 0.4) is 0 Å². The third-order valence-corrected chi connectivity index (χ3v) is 2.75. The first-order chi connectivity index (χ1) is 7.85. The molecular weight excluding hydrogens is 204 g/mol. The van der Waals surface area contributed by atoms with E-state index in [9.17, 15) is 0 Å². The van der Waals surface area contributed by atoms with Crippen molar-refractivity contribution in [3.05, 3.63) is 18.1 Å². The molecule has 0 aromatic carbocycles. The standard InChI is InChI=1S/C11H14N4O/c1-2-10-8-16-4-3-15(10)11-7-13-9(5-12)6-14-11/h6-7,10H,2-4,8H2,1H3. The summed E-state index contributed by atoms with van der Waals surface area (Å²) in [6.07, 6.45) is 4.19. The van der Waals surface area contributed by atoms with E-state index in [1.54, 1.807) is 6.20 Å². The summed E-state index contributed by atoms with van der Waals surface area (Å²) >= 11 is 0. The Morgan fingerprint density at radius 2 is 2.44 bits per heavy atom. The van der Waals surface area contributed by atoms with Gasteiger partial charge in [-0.05, 0) is 6.42 Å². The van der Waals surface area contributed by atoms with Crippen LogP contribution in [0.15, 0.2) is 12.4 Å². The van der Waals surface area contributed by atoms with Crippen molar-refractivity contribution in [3.63, 3.8) is 0 Å². The summed E-state index contributed by atoms with van der Waals surface area (Å²) in [5, 5.41) is 8.65. The molecule has 1 aromatic heterocycles. The molecule has 84 valence electrons. The zero-order chi connectivity index (χ0) is 11.4. The van der Waals surface area contributed by atoms with Crippen LogP contribution in [0.5, 0.6) is 0 Å². The van der Waals surface area contributed by atoms with Crippen molar-refractivity contribution in [3.8, 4) is 6.07 Å². The molecule has 2 heterocycles. The van der Waals surface area contributed by atoms with E-state index in [1.807, 2.05) is 6.07 Å². The predicted molar refractivity (Wildman–Crippen MR) is 59.0 cm³/mol. The van der Waals surface area contributed by atoms with E-state index < -0.39 is 0 Å². The van der Waals surface area contributed by atoms with Crippen molar-refractivity contribution in [2.24, 2.45) is 0 Å². The topological polar surface area (TPSA) is 62.0 Å². The van der Waals surface area contributed by atoms with E-state index >= 15 is 0 Å². The number of rotatable bonds is 2. The Hall–Kier alpha value is -1.67. The Morgan fingerprint density at radius 3 is 3.06 bits per heavy atom. The lowest BCUT2D eigenvalue weighted by molar-refractivity contribution is 0.0925. The lowest BCUT2D eigenvalue weighted by Gasteiger charge is -2.35.